The molecule has 0 unspecified atom stereocenters. The Hall–Kier alpha value is -2.08. The van der Waals surface area contributed by atoms with E-state index in [0.29, 0.717) is 11.3 Å². The Kier molecular flexibility index (Phi) is 3.33. The molecule has 0 bridgehead atoms. The van der Waals surface area contributed by atoms with Gasteiger partial charge in [-0.15, -0.1) is 0 Å². The number of aromatic nitrogens is 2. The first-order chi connectivity index (χ1) is 10.0. The maximum atomic E-state index is 10.3. The average Bonchev–Trinajstić information content (AvgIpc) is 2.94. The van der Waals surface area contributed by atoms with Crippen LogP contribution in [0.5, 0.6) is 5.88 Å². The molecule has 0 spiro atoms. The molecule has 0 saturated carbocycles. The average molecular weight is 347 g/mol. The Balaban J connectivity index is 2.19. The molecule has 1 N–H and O–H groups in total. The van der Waals surface area contributed by atoms with Gasteiger partial charge in [0, 0.05) is 43.0 Å². The zero-order valence-corrected chi connectivity index (χ0v) is 13.6. The van der Waals surface area contributed by atoms with Gasteiger partial charge in [0.05, 0.1) is 5.69 Å². The van der Waals surface area contributed by atoms with Gasteiger partial charge in [-0.05, 0) is 24.3 Å². The van der Waals surface area contributed by atoms with Gasteiger partial charge in [0.25, 0.3) is 0 Å². The van der Waals surface area contributed by atoms with Crippen molar-refractivity contribution in [3.63, 3.8) is 0 Å². The van der Waals surface area contributed by atoms with Crippen LogP contribution in [0.15, 0.2) is 32.7 Å². The quantitative estimate of drug-likeness (QED) is 0.847. The smallest absolute Gasteiger partial charge is 0.218 e. The van der Waals surface area contributed by atoms with Crippen LogP contribution in [0.1, 0.15) is 11.3 Å². The number of benzene rings is 1. The molecule has 1 aliphatic heterocycles. The monoisotopic (exact) mass is 346 g/mol. The van der Waals surface area contributed by atoms with Crippen LogP contribution in [0, 0.1) is 0 Å². The molecule has 0 radical (unpaired) electrons. The minimum atomic E-state index is 0.183. The normalized spacial score (nSPS) is 16.0. The van der Waals surface area contributed by atoms with Gasteiger partial charge in [-0.25, -0.2) is 0 Å². The zero-order valence-electron chi connectivity index (χ0n) is 12.0. The maximum Gasteiger partial charge on any atom is 0.218 e. The van der Waals surface area contributed by atoms with Gasteiger partial charge in [0.1, 0.15) is 5.69 Å². The number of allylic oxidation sites excluding steroid dienone is 1. The molecule has 0 saturated heterocycles. The van der Waals surface area contributed by atoms with Crippen molar-refractivity contribution in [1.82, 2.24) is 9.13 Å². The molecule has 0 fully saturated rings. The first kappa shape index (κ1) is 13.9. The molecule has 0 aliphatic carbocycles. The second-order valence-electron chi connectivity index (χ2n) is 4.87. The van der Waals surface area contributed by atoms with Gasteiger partial charge in [0.15, 0.2) is 0 Å². The zero-order chi connectivity index (χ0) is 15.1. The lowest BCUT2D eigenvalue weighted by Gasteiger charge is -2.02. The van der Waals surface area contributed by atoms with Crippen molar-refractivity contribution < 1.29 is 5.11 Å². The van der Waals surface area contributed by atoms with Crippen LogP contribution in [0.4, 0.5) is 5.69 Å². The number of rotatable bonds is 1. The number of imidazole rings is 1. The lowest BCUT2D eigenvalue weighted by atomic mass is 10.1. The minimum absolute atomic E-state index is 0.183. The number of halogens is 1. The summed E-state index contributed by atoms with van der Waals surface area (Å²) in [5.74, 6) is 0.183. The largest absolute Gasteiger partial charge is 0.493 e. The Morgan fingerprint density at radius 1 is 1.29 bits per heavy atom. The summed E-state index contributed by atoms with van der Waals surface area (Å²) in [6.45, 7) is 0. The second kappa shape index (κ2) is 5.04. The predicted octanol–water partition coefficient (Wildman–Crippen LogP) is 2.62. The molecule has 2 aromatic rings. The number of aromatic hydroxyl groups is 1. The van der Waals surface area contributed by atoms with Crippen LogP contribution < -0.4 is 5.62 Å². The number of hydrogen-bond acceptors (Lipinski definition) is 3. The van der Waals surface area contributed by atoms with E-state index in [1.807, 2.05) is 42.1 Å². The number of fused-ring (bicyclic) bond motifs is 1. The molecule has 2 heterocycles. The highest BCUT2D eigenvalue weighted by Crippen LogP contribution is 2.35. The van der Waals surface area contributed by atoms with Crippen molar-refractivity contribution in [2.45, 2.75) is 0 Å². The Labute approximate surface area is 130 Å². The highest BCUT2D eigenvalue weighted by atomic mass is 79.9. The lowest BCUT2D eigenvalue weighted by Crippen LogP contribution is -2.22. The van der Waals surface area contributed by atoms with Crippen molar-refractivity contribution in [2.24, 2.45) is 24.1 Å². The lowest BCUT2D eigenvalue weighted by molar-refractivity contribution is 0.427. The molecule has 1 aliphatic rings. The summed E-state index contributed by atoms with van der Waals surface area (Å²) in [4.78, 5) is 8.57. The van der Waals surface area contributed by atoms with E-state index in [9.17, 15) is 5.11 Å². The first-order valence-corrected chi connectivity index (χ1v) is 7.25. The molecule has 3 rings (SSSR count). The molecule has 5 nitrogen and oxygen atoms in total. The summed E-state index contributed by atoms with van der Waals surface area (Å²) >= 11 is 3.48. The van der Waals surface area contributed by atoms with E-state index in [4.69, 9.17) is 0 Å². The molecule has 0 atom stereocenters. The Morgan fingerprint density at radius 2 is 2.05 bits per heavy atom. The van der Waals surface area contributed by atoms with Gasteiger partial charge < -0.3 is 9.67 Å². The van der Waals surface area contributed by atoms with E-state index in [0.717, 1.165) is 21.3 Å². The van der Waals surface area contributed by atoms with Gasteiger partial charge in [-0.1, -0.05) is 15.9 Å². The summed E-state index contributed by atoms with van der Waals surface area (Å²) in [6, 6.07) is 5.96. The fourth-order valence-electron chi connectivity index (χ4n) is 2.53. The van der Waals surface area contributed by atoms with E-state index in [1.165, 1.54) is 0 Å². The third-order valence-corrected chi connectivity index (χ3v) is 4.11. The van der Waals surface area contributed by atoms with Crippen molar-refractivity contribution in [3.8, 4) is 5.88 Å². The number of nitrogens with zero attached hydrogens (tertiary/aromatic N) is 4. The van der Waals surface area contributed by atoms with Crippen LogP contribution in [0.3, 0.4) is 0 Å². The highest BCUT2D eigenvalue weighted by molar-refractivity contribution is 9.10. The molecular formula is C15H15BrN4O. The molecule has 108 valence electrons. The van der Waals surface area contributed by atoms with Crippen molar-refractivity contribution in [3.05, 3.63) is 39.5 Å². The third-order valence-electron chi connectivity index (χ3n) is 3.61. The third kappa shape index (κ3) is 2.15. The first-order valence-electron chi connectivity index (χ1n) is 6.46. The minimum Gasteiger partial charge on any atom is -0.493 e. The summed E-state index contributed by atoms with van der Waals surface area (Å²) < 4.78 is 4.51. The van der Waals surface area contributed by atoms with Crippen molar-refractivity contribution in [2.75, 3.05) is 7.05 Å². The van der Waals surface area contributed by atoms with E-state index in [-0.39, 0.29) is 5.88 Å². The van der Waals surface area contributed by atoms with Crippen LogP contribution in [0.25, 0.3) is 11.6 Å². The maximum absolute atomic E-state index is 10.3. The SMILES string of the molecule is CN=c1n(C)c(O)c(/C=C2\C=Nc3ccc(Br)cc32)n1C. The van der Waals surface area contributed by atoms with E-state index in [2.05, 4.69) is 25.9 Å². The summed E-state index contributed by atoms with van der Waals surface area (Å²) in [7, 11) is 5.37. The Morgan fingerprint density at radius 3 is 2.71 bits per heavy atom. The number of hydrogen-bond donors (Lipinski definition) is 1. The van der Waals surface area contributed by atoms with Gasteiger partial charge in [0.2, 0.25) is 11.5 Å². The molecular weight excluding hydrogens is 332 g/mol. The molecule has 1 aromatic heterocycles. The van der Waals surface area contributed by atoms with Crippen LogP contribution >= 0.6 is 15.9 Å². The van der Waals surface area contributed by atoms with Gasteiger partial charge >= 0.3 is 0 Å². The van der Waals surface area contributed by atoms with Crippen LogP contribution in [-0.2, 0) is 14.1 Å². The molecule has 21 heavy (non-hydrogen) atoms. The van der Waals surface area contributed by atoms with E-state index >= 15 is 0 Å². The predicted molar refractivity (Wildman–Crippen MR) is 87.7 cm³/mol. The van der Waals surface area contributed by atoms with Gasteiger partial charge in [-0.2, -0.15) is 0 Å². The molecule has 1 aromatic carbocycles. The van der Waals surface area contributed by atoms with Crippen molar-refractivity contribution >= 4 is 39.5 Å². The highest BCUT2D eigenvalue weighted by Gasteiger charge is 2.16. The number of aliphatic imine (C=N–C) groups is 1. The summed E-state index contributed by atoms with van der Waals surface area (Å²) in [5.41, 5.74) is 4.34. The molecule has 6 heteroatoms. The van der Waals surface area contributed by atoms with Crippen LogP contribution in [0.2, 0.25) is 0 Å². The fraction of sp³-hybridized carbons (Fsp3) is 0.200. The summed E-state index contributed by atoms with van der Waals surface area (Å²) in [5, 5.41) is 10.3. The second-order valence-corrected chi connectivity index (χ2v) is 5.79. The fourth-order valence-corrected chi connectivity index (χ4v) is 2.89. The molecule has 0 amide bonds. The topological polar surface area (TPSA) is 54.8 Å². The van der Waals surface area contributed by atoms with Crippen molar-refractivity contribution in [1.29, 1.82) is 0 Å². The summed E-state index contributed by atoms with van der Waals surface area (Å²) in [6.07, 6.45) is 3.73. The van der Waals surface area contributed by atoms with E-state index in [1.54, 1.807) is 18.7 Å². The van der Waals surface area contributed by atoms with Gasteiger partial charge in [-0.3, -0.25) is 14.6 Å². The standard InChI is InChI=1S/C15H15BrN4O/c1-17-15-19(2)13(14(21)20(15)3)6-9-8-18-12-5-4-10(16)7-11(9)12/h4-8,21H,1-3H3/b9-6+,17-15?. The van der Waals surface area contributed by atoms with E-state index < -0.39 is 0 Å². The van der Waals surface area contributed by atoms with Crippen LogP contribution in [-0.4, -0.2) is 27.5 Å². The Bertz CT molecular complexity index is 855.